The molecule has 3 rings (SSSR count). The smallest absolute Gasteiger partial charge is 0.331 e. The largest absolute Gasteiger partial charge is 0.497 e. The van der Waals surface area contributed by atoms with Crippen molar-refractivity contribution in [2.75, 3.05) is 20.2 Å². The van der Waals surface area contributed by atoms with Crippen LogP contribution in [-0.4, -0.2) is 39.5 Å². The summed E-state index contributed by atoms with van der Waals surface area (Å²) in [4.78, 5) is 14.3. The number of carbonyl (C=O) groups excluding carboxylic acids is 1. The molecule has 1 heterocycles. The number of ether oxygens (including phenoxy) is 1. The zero-order valence-corrected chi connectivity index (χ0v) is 21.2. The highest BCUT2D eigenvalue weighted by molar-refractivity contribution is 7.94. The standard InChI is InChI=1S/C27H36N2O4S/c1-21-11-13-25(14-12-21)19-22(2)34(31,32)28-27(30)29-17-15-23(16-18-29)7-4-5-8-24-9-6-10-26(20-24)33-3/h6,9-14,19-20,23H,4-5,7-8,15-18H2,1-3H3,(H,28,30). The van der Waals surface area contributed by atoms with Crippen molar-refractivity contribution in [2.24, 2.45) is 5.92 Å². The Kier molecular flexibility index (Phi) is 9.16. The first kappa shape index (κ1) is 25.8. The van der Waals surface area contributed by atoms with Crippen LogP contribution in [0.3, 0.4) is 0 Å². The van der Waals surface area contributed by atoms with Crippen molar-refractivity contribution in [3.8, 4) is 5.75 Å². The molecule has 2 amide bonds. The summed E-state index contributed by atoms with van der Waals surface area (Å²) >= 11 is 0. The maximum atomic E-state index is 12.6. The summed E-state index contributed by atoms with van der Waals surface area (Å²) in [7, 11) is -2.18. The molecule has 0 radical (unpaired) electrons. The SMILES string of the molecule is COc1cccc(CCCCC2CCN(C(=O)NS(=O)(=O)C(C)=Cc3ccc(C)cc3)CC2)c1. The Balaban J connectivity index is 1.40. The van der Waals surface area contributed by atoms with Gasteiger partial charge in [-0.2, -0.15) is 0 Å². The lowest BCUT2D eigenvalue weighted by Gasteiger charge is -2.32. The number of unbranched alkanes of at least 4 members (excludes halogenated alkanes) is 1. The third-order valence-electron chi connectivity index (χ3n) is 6.46. The summed E-state index contributed by atoms with van der Waals surface area (Å²) in [6, 6.07) is 15.2. The van der Waals surface area contributed by atoms with Crippen molar-refractivity contribution < 1.29 is 17.9 Å². The van der Waals surface area contributed by atoms with E-state index in [0.717, 1.165) is 55.4 Å². The number of likely N-dealkylation sites (tertiary alicyclic amines) is 1. The predicted molar refractivity (Wildman–Crippen MR) is 137 cm³/mol. The molecule has 1 saturated heterocycles. The van der Waals surface area contributed by atoms with Crippen LogP contribution in [0.4, 0.5) is 4.79 Å². The number of aryl methyl sites for hydroxylation is 2. The maximum absolute atomic E-state index is 12.6. The molecular formula is C27H36N2O4S. The quantitative estimate of drug-likeness (QED) is 0.475. The van der Waals surface area contributed by atoms with E-state index in [2.05, 4.69) is 16.9 Å². The number of urea groups is 1. The van der Waals surface area contributed by atoms with Crippen molar-refractivity contribution in [3.05, 3.63) is 70.1 Å². The van der Waals surface area contributed by atoms with E-state index in [1.165, 1.54) is 12.5 Å². The first-order valence-electron chi connectivity index (χ1n) is 12.0. The number of nitrogens with zero attached hydrogens (tertiary/aromatic N) is 1. The third kappa shape index (κ3) is 7.62. The number of methoxy groups -OCH3 is 1. The van der Waals surface area contributed by atoms with E-state index in [4.69, 9.17) is 4.74 Å². The summed E-state index contributed by atoms with van der Waals surface area (Å²) in [5.41, 5.74) is 3.18. The van der Waals surface area contributed by atoms with Crippen LogP contribution in [0.25, 0.3) is 6.08 Å². The van der Waals surface area contributed by atoms with Gasteiger partial charge in [0.1, 0.15) is 5.75 Å². The van der Waals surface area contributed by atoms with Crippen LogP contribution in [0.5, 0.6) is 5.75 Å². The number of hydrogen-bond donors (Lipinski definition) is 1. The van der Waals surface area contributed by atoms with Gasteiger partial charge in [-0.25, -0.2) is 17.9 Å². The van der Waals surface area contributed by atoms with Gasteiger partial charge in [-0.1, -0.05) is 54.8 Å². The van der Waals surface area contributed by atoms with E-state index in [9.17, 15) is 13.2 Å². The van der Waals surface area contributed by atoms with Crippen LogP contribution in [-0.2, 0) is 16.4 Å². The zero-order valence-electron chi connectivity index (χ0n) is 20.4. The van der Waals surface area contributed by atoms with Gasteiger partial charge in [0, 0.05) is 13.1 Å². The molecule has 1 aliphatic rings. The number of sulfonamides is 1. The lowest BCUT2D eigenvalue weighted by Crippen LogP contribution is -2.46. The van der Waals surface area contributed by atoms with E-state index in [0.29, 0.717) is 19.0 Å². The molecule has 7 heteroatoms. The van der Waals surface area contributed by atoms with Crippen molar-refractivity contribution in [1.29, 1.82) is 0 Å². The number of carbonyl (C=O) groups is 1. The molecular weight excluding hydrogens is 448 g/mol. The van der Waals surface area contributed by atoms with Crippen LogP contribution >= 0.6 is 0 Å². The summed E-state index contributed by atoms with van der Waals surface area (Å²) in [6.07, 6.45) is 7.83. The molecule has 0 spiro atoms. The summed E-state index contributed by atoms with van der Waals surface area (Å²) in [6.45, 7) is 4.65. The van der Waals surface area contributed by atoms with Gasteiger partial charge in [0.25, 0.3) is 10.0 Å². The van der Waals surface area contributed by atoms with Gasteiger partial charge >= 0.3 is 6.03 Å². The van der Waals surface area contributed by atoms with Gasteiger partial charge < -0.3 is 9.64 Å². The Bertz CT molecular complexity index is 1090. The van der Waals surface area contributed by atoms with Crippen LogP contribution in [0, 0.1) is 12.8 Å². The fourth-order valence-electron chi connectivity index (χ4n) is 4.25. The molecule has 1 aliphatic heterocycles. The van der Waals surface area contributed by atoms with Crippen molar-refractivity contribution in [3.63, 3.8) is 0 Å². The van der Waals surface area contributed by atoms with E-state index < -0.39 is 16.1 Å². The number of hydrogen-bond acceptors (Lipinski definition) is 4. The van der Waals surface area contributed by atoms with Crippen molar-refractivity contribution >= 4 is 22.1 Å². The molecule has 2 aromatic carbocycles. The highest BCUT2D eigenvalue weighted by Crippen LogP contribution is 2.24. The minimum atomic E-state index is -3.87. The molecule has 184 valence electrons. The van der Waals surface area contributed by atoms with Gasteiger partial charge in [0.15, 0.2) is 0 Å². The molecule has 0 aromatic heterocycles. The molecule has 0 aliphatic carbocycles. The number of amides is 2. The molecule has 0 saturated carbocycles. The molecule has 0 atom stereocenters. The van der Waals surface area contributed by atoms with Crippen LogP contribution in [0.15, 0.2) is 53.4 Å². The molecule has 0 bridgehead atoms. The Morgan fingerprint density at radius 3 is 2.50 bits per heavy atom. The topological polar surface area (TPSA) is 75.7 Å². The van der Waals surface area contributed by atoms with Crippen LogP contribution in [0.1, 0.15) is 55.7 Å². The average molecular weight is 485 g/mol. The predicted octanol–water partition coefficient (Wildman–Crippen LogP) is 5.53. The molecule has 2 aromatic rings. The molecule has 1 fully saturated rings. The van der Waals surface area contributed by atoms with Crippen LogP contribution in [0.2, 0.25) is 0 Å². The normalized spacial score (nSPS) is 15.3. The highest BCUT2D eigenvalue weighted by atomic mass is 32.2. The van der Waals surface area contributed by atoms with Gasteiger partial charge in [-0.05, 0) is 74.8 Å². The first-order chi connectivity index (χ1) is 16.3. The number of benzene rings is 2. The highest BCUT2D eigenvalue weighted by Gasteiger charge is 2.26. The lowest BCUT2D eigenvalue weighted by molar-refractivity contribution is 0.172. The number of allylic oxidation sites excluding steroid dienone is 1. The Morgan fingerprint density at radius 1 is 1.12 bits per heavy atom. The van der Waals surface area contributed by atoms with Crippen molar-refractivity contribution in [2.45, 2.75) is 52.4 Å². The Hall–Kier alpha value is -2.80. The van der Waals surface area contributed by atoms with Crippen molar-refractivity contribution in [1.82, 2.24) is 9.62 Å². The van der Waals surface area contributed by atoms with Gasteiger partial charge in [-0.15, -0.1) is 0 Å². The molecule has 0 unspecified atom stereocenters. The molecule has 1 N–H and O–H groups in total. The van der Waals surface area contributed by atoms with Crippen LogP contribution < -0.4 is 9.46 Å². The molecule has 34 heavy (non-hydrogen) atoms. The molecule has 6 nitrogen and oxygen atoms in total. The van der Waals surface area contributed by atoms with E-state index in [1.54, 1.807) is 18.1 Å². The lowest BCUT2D eigenvalue weighted by atomic mass is 9.91. The minimum absolute atomic E-state index is 0.121. The fraction of sp³-hybridized carbons (Fsp3) is 0.444. The number of nitrogens with one attached hydrogen (secondary N) is 1. The number of piperidine rings is 1. The zero-order chi connectivity index (χ0) is 24.6. The fourth-order valence-corrected chi connectivity index (χ4v) is 5.06. The van der Waals surface area contributed by atoms with Gasteiger partial charge in [-0.3, -0.25) is 0 Å². The summed E-state index contributed by atoms with van der Waals surface area (Å²) < 4.78 is 32.7. The second kappa shape index (κ2) is 12.1. The summed E-state index contributed by atoms with van der Waals surface area (Å²) in [5.74, 6) is 1.47. The van der Waals surface area contributed by atoms with E-state index >= 15 is 0 Å². The van der Waals surface area contributed by atoms with Gasteiger partial charge in [0.05, 0.1) is 12.0 Å². The third-order valence-corrected chi connectivity index (χ3v) is 7.87. The maximum Gasteiger partial charge on any atom is 0.331 e. The first-order valence-corrected chi connectivity index (χ1v) is 13.4. The Morgan fingerprint density at radius 2 is 1.82 bits per heavy atom. The van der Waals surface area contributed by atoms with Gasteiger partial charge in [0.2, 0.25) is 0 Å². The van der Waals surface area contributed by atoms with E-state index in [-0.39, 0.29) is 4.91 Å². The summed E-state index contributed by atoms with van der Waals surface area (Å²) in [5, 5.41) is 0. The monoisotopic (exact) mass is 484 g/mol. The Labute approximate surface area is 204 Å². The van der Waals surface area contributed by atoms with E-state index in [1.807, 2.05) is 43.3 Å². The number of rotatable bonds is 9. The second-order valence-corrected chi connectivity index (χ2v) is 11.0. The second-order valence-electron chi connectivity index (χ2n) is 9.10. The average Bonchev–Trinajstić information content (AvgIpc) is 2.83. The minimum Gasteiger partial charge on any atom is -0.497 e.